The van der Waals surface area contributed by atoms with Crippen LogP contribution in [0.5, 0.6) is 5.75 Å². The zero-order chi connectivity index (χ0) is 24.0. The van der Waals surface area contributed by atoms with Gasteiger partial charge in [-0.25, -0.2) is 21.9 Å². The number of para-hydroxylation sites is 1. The molecule has 0 unspecified atom stereocenters. The quantitative estimate of drug-likeness (QED) is 0.501. The van der Waals surface area contributed by atoms with Gasteiger partial charge in [-0.3, -0.25) is 4.79 Å². The average molecular weight is 485 g/mol. The van der Waals surface area contributed by atoms with Crippen molar-refractivity contribution in [2.24, 2.45) is 0 Å². The van der Waals surface area contributed by atoms with Crippen LogP contribution in [0.25, 0.3) is 0 Å². The van der Waals surface area contributed by atoms with E-state index >= 15 is 0 Å². The van der Waals surface area contributed by atoms with Gasteiger partial charge in [0, 0.05) is 12.6 Å². The Morgan fingerprint density at radius 1 is 1.18 bits per heavy atom. The van der Waals surface area contributed by atoms with Crippen molar-refractivity contribution in [3.8, 4) is 5.75 Å². The highest BCUT2D eigenvalue weighted by Crippen LogP contribution is 2.27. The molecule has 1 saturated heterocycles. The summed E-state index contributed by atoms with van der Waals surface area (Å²) in [7, 11) is -2.57. The maximum atomic E-state index is 13.3. The van der Waals surface area contributed by atoms with E-state index in [4.69, 9.17) is 9.47 Å². The lowest BCUT2D eigenvalue weighted by atomic mass is 9.98. The fourth-order valence-corrected chi connectivity index (χ4v) is 5.18. The third-order valence-corrected chi connectivity index (χ3v) is 6.82. The normalized spacial score (nSPS) is 20.9. The molecule has 1 fully saturated rings. The lowest BCUT2D eigenvalue weighted by molar-refractivity contribution is -0.130. The van der Waals surface area contributed by atoms with E-state index in [0.29, 0.717) is 12.8 Å². The molecular weight excluding hydrogens is 458 g/mol. The number of rotatable bonds is 9. The molecule has 1 heterocycles. The van der Waals surface area contributed by atoms with Crippen LogP contribution >= 0.6 is 0 Å². The Bertz CT molecular complexity index is 1060. The van der Waals surface area contributed by atoms with E-state index in [0.717, 1.165) is 18.2 Å². The Morgan fingerprint density at radius 3 is 2.55 bits per heavy atom. The zero-order valence-electron chi connectivity index (χ0n) is 18.0. The van der Waals surface area contributed by atoms with Crippen LogP contribution < -0.4 is 14.8 Å². The van der Waals surface area contributed by atoms with Crippen LogP contribution in [-0.4, -0.2) is 51.4 Å². The molecule has 0 aromatic heterocycles. The Balaban J connectivity index is 1.56. The number of ether oxygens (including phenoxy) is 2. The highest BCUT2D eigenvalue weighted by atomic mass is 32.2. The summed E-state index contributed by atoms with van der Waals surface area (Å²) in [6.45, 7) is -0.495. The lowest BCUT2D eigenvalue weighted by Crippen LogP contribution is -2.51. The Labute approximate surface area is 191 Å². The average Bonchev–Trinajstić information content (AvgIpc) is 2.78. The summed E-state index contributed by atoms with van der Waals surface area (Å²) in [5, 5.41) is 12.3. The molecule has 1 aliphatic heterocycles. The van der Waals surface area contributed by atoms with Crippen molar-refractivity contribution in [2.75, 3.05) is 13.7 Å². The first kappa shape index (κ1) is 25.0. The van der Waals surface area contributed by atoms with Gasteiger partial charge in [-0.15, -0.1) is 0 Å². The second-order valence-corrected chi connectivity index (χ2v) is 9.38. The molecule has 11 heteroatoms. The molecule has 3 rings (SSSR count). The van der Waals surface area contributed by atoms with Crippen molar-refractivity contribution in [1.82, 2.24) is 10.0 Å². The first-order chi connectivity index (χ1) is 15.7. The smallest absolute Gasteiger partial charge is 0.244 e. The van der Waals surface area contributed by atoms with Gasteiger partial charge in [0.25, 0.3) is 0 Å². The van der Waals surface area contributed by atoms with Crippen LogP contribution in [0.3, 0.4) is 0 Å². The summed E-state index contributed by atoms with van der Waals surface area (Å²) in [4.78, 5) is 12.2. The predicted octanol–water partition coefficient (Wildman–Crippen LogP) is 1.87. The van der Waals surface area contributed by atoms with Crippen molar-refractivity contribution in [2.45, 2.75) is 49.0 Å². The third kappa shape index (κ3) is 6.70. The monoisotopic (exact) mass is 484 g/mol. The van der Waals surface area contributed by atoms with Crippen LogP contribution in [0.4, 0.5) is 8.78 Å². The number of halogens is 2. The molecular formula is C22H26F2N2O6S. The summed E-state index contributed by atoms with van der Waals surface area (Å²) >= 11 is 0. The minimum absolute atomic E-state index is 0.0283. The number of carbonyl (C=O) groups is 1. The van der Waals surface area contributed by atoms with Gasteiger partial charge in [0.05, 0.1) is 38.4 Å². The molecule has 2 aromatic rings. The topological polar surface area (TPSA) is 114 Å². The minimum Gasteiger partial charge on any atom is -0.495 e. The molecule has 0 bridgehead atoms. The second-order valence-electron chi connectivity index (χ2n) is 7.69. The first-order valence-electron chi connectivity index (χ1n) is 10.3. The van der Waals surface area contributed by atoms with E-state index < -0.39 is 52.4 Å². The van der Waals surface area contributed by atoms with Gasteiger partial charge in [-0.1, -0.05) is 12.1 Å². The molecule has 1 amide bonds. The van der Waals surface area contributed by atoms with Crippen molar-refractivity contribution in [3.05, 3.63) is 59.7 Å². The van der Waals surface area contributed by atoms with E-state index in [-0.39, 0.29) is 29.2 Å². The molecule has 0 spiro atoms. The van der Waals surface area contributed by atoms with E-state index in [1.165, 1.54) is 19.2 Å². The summed E-state index contributed by atoms with van der Waals surface area (Å²) < 4.78 is 65.6. The van der Waals surface area contributed by atoms with Crippen molar-refractivity contribution < 1.29 is 36.6 Å². The van der Waals surface area contributed by atoms with Crippen molar-refractivity contribution in [1.29, 1.82) is 0 Å². The number of hydrogen-bond acceptors (Lipinski definition) is 6. The van der Waals surface area contributed by atoms with Gasteiger partial charge in [-0.2, -0.15) is 0 Å². The van der Waals surface area contributed by atoms with E-state index in [9.17, 15) is 27.1 Å². The van der Waals surface area contributed by atoms with Gasteiger partial charge >= 0.3 is 0 Å². The summed E-state index contributed by atoms with van der Waals surface area (Å²) in [5.74, 6) is -1.67. The molecule has 33 heavy (non-hydrogen) atoms. The Hall–Kier alpha value is -2.60. The van der Waals surface area contributed by atoms with Gasteiger partial charge < -0.3 is 19.9 Å². The first-order valence-corrected chi connectivity index (χ1v) is 11.8. The number of benzene rings is 2. The molecule has 3 N–H and O–H groups in total. The number of sulfonamides is 1. The number of methoxy groups -OCH3 is 1. The van der Waals surface area contributed by atoms with Crippen LogP contribution in [0, 0.1) is 11.6 Å². The Kier molecular flexibility index (Phi) is 8.35. The van der Waals surface area contributed by atoms with Crippen LogP contribution in [0.15, 0.2) is 47.4 Å². The minimum atomic E-state index is -3.94. The number of nitrogens with one attached hydrogen (secondary N) is 2. The summed E-state index contributed by atoms with van der Waals surface area (Å²) in [6, 6.07) is 8.47. The van der Waals surface area contributed by atoms with Crippen LogP contribution in [-0.2, 0) is 26.1 Å². The van der Waals surface area contributed by atoms with Gasteiger partial charge in [-0.05, 0) is 42.7 Å². The maximum Gasteiger partial charge on any atom is 0.244 e. The molecule has 0 saturated carbocycles. The molecule has 0 aliphatic carbocycles. The number of amides is 1. The number of aliphatic hydroxyl groups is 1. The molecule has 0 radical (unpaired) electrons. The van der Waals surface area contributed by atoms with Gasteiger partial charge in [0.1, 0.15) is 22.3 Å². The van der Waals surface area contributed by atoms with Crippen molar-refractivity contribution in [3.63, 3.8) is 0 Å². The molecule has 3 atom stereocenters. The predicted molar refractivity (Wildman–Crippen MR) is 115 cm³/mol. The molecule has 180 valence electrons. The second kappa shape index (κ2) is 11.0. The summed E-state index contributed by atoms with van der Waals surface area (Å²) in [6.07, 6.45) is -0.721. The molecule has 8 nitrogen and oxygen atoms in total. The van der Waals surface area contributed by atoms with Crippen molar-refractivity contribution >= 4 is 15.9 Å². The van der Waals surface area contributed by atoms with Crippen LogP contribution in [0.2, 0.25) is 0 Å². The molecule has 2 aromatic carbocycles. The van der Waals surface area contributed by atoms with E-state index in [2.05, 4.69) is 10.0 Å². The molecule has 1 aliphatic rings. The van der Waals surface area contributed by atoms with Gasteiger partial charge in [0.15, 0.2) is 0 Å². The fraction of sp³-hybridized carbons (Fsp3) is 0.409. The number of carbonyl (C=O) groups excluding carboxylic acids is 1. The Morgan fingerprint density at radius 2 is 1.88 bits per heavy atom. The fourth-order valence-electron chi connectivity index (χ4n) is 3.71. The number of aliphatic hydroxyl groups excluding tert-OH is 1. The largest absolute Gasteiger partial charge is 0.495 e. The maximum absolute atomic E-state index is 13.3. The lowest BCUT2D eigenvalue weighted by Gasteiger charge is -2.35. The zero-order valence-corrected chi connectivity index (χ0v) is 18.8. The summed E-state index contributed by atoms with van der Waals surface area (Å²) in [5.41, 5.74) is 0.282. The van der Waals surface area contributed by atoms with Crippen LogP contribution in [0.1, 0.15) is 24.8 Å². The number of hydrogen-bond donors (Lipinski definition) is 3. The van der Waals surface area contributed by atoms with Gasteiger partial charge in [0.2, 0.25) is 15.9 Å². The standard InChI is InChI=1S/C22H26F2N2O6S/c1-31-19-4-2-3-5-21(19)33(29,30)26-18-7-6-17(32-20(18)13-27)11-22(28)25-12-14-8-15(23)10-16(24)9-14/h2-5,8-10,17-18,20,26-27H,6-7,11-13H2,1H3,(H,25,28)/t17-,18-,20-/m0/s1. The SMILES string of the molecule is COc1ccccc1S(=O)(=O)N[C@H]1CC[C@@H](CC(=O)NCc2cc(F)cc(F)c2)O[C@H]1CO. The third-order valence-electron chi connectivity index (χ3n) is 5.29. The van der Waals surface area contributed by atoms with E-state index in [1.54, 1.807) is 12.1 Å². The van der Waals surface area contributed by atoms with E-state index in [1.807, 2.05) is 0 Å². The highest BCUT2D eigenvalue weighted by Gasteiger charge is 2.35. The highest BCUT2D eigenvalue weighted by molar-refractivity contribution is 7.89.